The minimum absolute atomic E-state index is 0.113. The molecule has 3 rings (SSSR count). The van der Waals surface area contributed by atoms with Crippen molar-refractivity contribution in [1.82, 2.24) is 14.7 Å². The molecule has 0 aliphatic carbocycles. The highest BCUT2D eigenvalue weighted by Crippen LogP contribution is 2.23. The molecule has 0 saturated carbocycles. The van der Waals surface area contributed by atoms with Gasteiger partial charge in [-0.2, -0.15) is 5.10 Å². The summed E-state index contributed by atoms with van der Waals surface area (Å²) in [6.45, 7) is 1.81. The van der Waals surface area contributed by atoms with Gasteiger partial charge in [-0.15, -0.1) is 0 Å². The molecular formula is C20H19F2N3O3. The Kier molecular flexibility index (Phi) is 5.30. The Morgan fingerprint density at radius 3 is 2.64 bits per heavy atom. The van der Waals surface area contributed by atoms with Crippen LogP contribution in [-0.2, 0) is 6.54 Å². The molecule has 0 radical (unpaired) electrons. The van der Waals surface area contributed by atoms with Crippen molar-refractivity contribution in [3.8, 4) is 17.2 Å². The number of hydrogen-bond acceptors (Lipinski definition) is 4. The fraction of sp³-hybridized carbons (Fsp3) is 0.200. The Balaban J connectivity index is 1.82. The number of aryl methyl sites for hydroxylation is 1. The highest BCUT2D eigenvalue weighted by molar-refractivity contribution is 5.94. The fourth-order valence-corrected chi connectivity index (χ4v) is 2.85. The van der Waals surface area contributed by atoms with E-state index in [4.69, 9.17) is 4.74 Å². The fourth-order valence-electron chi connectivity index (χ4n) is 2.85. The SMILES string of the molecule is COc1ccc(CN(C)C(=O)c2nn(-c3ccc(F)cc3C)cc2O)cc1F. The van der Waals surface area contributed by atoms with Crippen molar-refractivity contribution in [3.05, 3.63) is 71.1 Å². The molecule has 0 aliphatic rings. The summed E-state index contributed by atoms with van der Waals surface area (Å²) in [5.41, 5.74) is 1.54. The Hall–Kier alpha value is -3.42. The van der Waals surface area contributed by atoms with E-state index in [1.807, 2.05) is 0 Å². The van der Waals surface area contributed by atoms with Crippen LogP contribution >= 0.6 is 0 Å². The second-order valence-electron chi connectivity index (χ2n) is 6.37. The lowest BCUT2D eigenvalue weighted by Crippen LogP contribution is -2.27. The van der Waals surface area contributed by atoms with Gasteiger partial charge in [0.1, 0.15) is 5.82 Å². The number of ether oxygens (including phenoxy) is 1. The first-order chi connectivity index (χ1) is 13.3. The summed E-state index contributed by atoms with van der Waals surface area (Å²) in [6.07, 6.45) is 1.29. The monoisotopic (exact) mass is 387 g/mol. The average Bonchev–Trinajstić information content (AvgIpc) is 3.02. The first kappa shape index (κ1) is 19.3. The lowest BCUT2D eigenvalue weighted by molar-refractivity contribution is 0.0775. The van der Waals surface area contributed by atoms with E-state index in [2.05, 4.69) is 5.10 Å². The zero-order valence-corrected chi connectivity index (χ0v) is 15.6. The Bertz CT molecular complexity index is 1030. The third-order valence-corrected chi connectivity index (χ3v) is 4.29. The van der Waals surface area contributed by atoms with Crippen molar-refractivity contribution in [3.63, 3.8) is 0 Å². The maximum atomic E-state index is 13.8. The molecule has 1 N–H and O–H groups in total. The number of amides is 1. The quantitative estimate of drug-likeness (QED) is 0.728. The van der Waals surface area contributed by atoms with Crippen molar-refractivity contribution in [2.45, 2.75) is 13.5 Å². The minimum Gasteiger partial charge on any atom is -0.504 e. The van der Waals surface area contributed by atoms with E-state index in [9.17, 15) is 18.7 Å². The maximum Gasteiger partial charge on any atom is 0.278 e. The van der Waals surface area contributed by atoms with E-state index in [0.717, 1.165) is 0 Å². The van der Waals surface area contributed by atoms with Gasteiger partial charge in [-0.1, -0.05) is 6.07 Å². The smallest absolute Gasteiger partial charge is 0.278 e. The number of carbonyl (C=O) groups is 1. The molecule has 0 spiro atoms. The molecule has 0 aliphatic heterocycles. The molecule has 0 fully saturated rings. The largest absolute Gasteiger partial charge is 0.504 e. The molecule has 8 heteroatoms. The number of halogens is 2. The third-order valence-electron chi connectivity index (χ3n) is 4.29. The molecule has 28 heavy (non-hydrogen) atoms. The predicted molar refractivity (Wildman–Crippen MR) is 98.7 cm³/mol. The Morgan fingerprint density at radius 1 is 1.25 bits per heavy atom. The van der Waals surface area contributed by atoms with Crippen LogP contribution in [0.25, 0.3) is 5.69 Å². The van der Waals surface area contributed by atoms with E-state index in [1.54, 1.807) is 13.0 Å². The van der Waals surface area contributed by atoms with E-state index >= 15 is 0 Å². The second kappa shape index (κ2) is 7.67. The number of nitrogens with zero attached hydrogens (tertiary/aromatic N) is 3. The molecule has 0 bridgehead atoms. The molecule has 0 unspecified atom stereocenters. The van der Waals surface area contributed by atoms with Crippen LogP contribution in [0.2, 0.25) is 0 Å². The maximum absolute atomic E-state index is 13.8. The van der Waals surface area contributed by atoms with Gasteiger partial charge in [-0.25, -0.2) is 13.5 Å². The number of methoxy groups -OCH3 is 1. The predicted octanol–water partition coefficient (Wildman–Crippen LogP) is 3.45. The topological polar surface area (TPSA) is 67.6 Å². The first-order valence-corrected chi connectivity index (χ1v) is 8.43. The molecule has 0 atom stereocenters. The Morgan fingerprint density at radius 2 is 2.00 bits per heavy atom. The van der Waals surface area contributed by atoms with Crippen LogP contribution in [0.1, 0.15) is 21.6 Å². The molecule has 1 heterocycles. The molecule has 0 saturated heterocycles. The number of aromatic nitrogens is 2. The molecular weight excluding hydrogens is 368 g/mol. The third kappa shape index (κ3) is 3.80. The molecule has 1 aromatic heterocycles. The summed E-state index contributed by atoms with van der Waals surface area (Å²) in [7, 11) is 2.89. The van der Waals surface area contributed by atoms with Crippen LogP contribution in [0.5, 0.6) is 11.5 Å². The van der Waals surface area contributed by atoms with E-state index in [0.29, 0.717) is 16.8 Å². The van der Waals surface area contributed by atoms with Crippen LogP contribution in [-0.4, -0.2) is 39.9 Å². The lowest BCUT2D eigenvalue weighted by Gasteiger charge is -2.16. The van der Waals surface area contributed by atoms with Gasteiger partial charge in [0.25, 0.3) is 5.91 Å². The van der Waals surface area contributed by atoms with Gasteiger partial charge >= 0.3 is 0 Å². The highest BCUT2D eigenvalue weighted by atomic mass is 19.1. The van der Waals surface area contributed by atoms with Crippen LogP contribution < -0.4 is 4.74 Å². The van der Waals surface area contributed by atoms with Crippen molar-refractivity contribution in [1.29, 1.82) is 0 Å². The summed E-state index contributed by atoms with van der Waals surface area (Å²) < 4.78 is 33.3. The van der Waals surface area contributed by atoms with Gasteiger partial charge in [-0.05, 0) is 48.4 Å². The van der Waals surface area contributed by atoms with Crippen LogP contribution in [0, 0.1) is 18.6 Å². The minimum atomic E-state index is -0.535. The number of hydrogen-bond donors (Lipinski definition) is 1. The summed E-state index contributed by atoms with van der Waals surface area (Å²) in [6, 6.07) is 8.52. The van der Waals surface area contributed by atoms with Crippen LogP contribution in [0.4, 0.5) is 8.78 Å². The van der Waals surface area contributed by atoms with Crippen molar-refractivity contribution >= 4 is 5.91 Å². The second-order valence-corrected chi connectivity index (χ2v) is 6.37. The van der Waals surface area contributed by atoms with E-state index in [-0.39, 0.29) is 29.6 Å². The van der Waals surface area contributed by atoms with Gasteiger partial charge in [0.15, 0.2) is 23.0 Å². The van der Waals surface area contributed by atoms with Crippen molar-refractivity contribution in [2.75, 3.05) is 14.2 Å². The van der Waals surface area contributed by atoms with Crippen molar-refractivity contribution in [2.24, 2.45) is 0 Å². The summed E-state index contributed by atoms with van der Waals surface area (Å²) in [4.78, 5) is 14.0. The first-order valence-electron chi connectivity index (χ1n) is 8.43. The standard InChI is InChI=1S/C20H19F2N3O3/c1-12-8-14(21)5-6-16(12)25-11-17(26)19(23-25)20(27)24(2)10-13-4-7-18(28-3)15(22)9-13/h4-9,11,26H,10H2,1-3H3. The number of benzene rings is 2. The van der Waals surface area contributed by atoms with E-state index < -0.39 is 11.7 Å². The normalized spacial score (nSPS) is 10.8. The van der Waals surface area contributed by atoms with Gasteiger partial charge in [0.05, 0.1) is 19.0 Å². The van der Waals surface area contributed by atoms with Gasteiger partial charge in [-0.3, -0.25) is 4.79 Å². The summed E-state index contributed by atoms with van der Waals surface area (Å²) in [5.74, 6) is -1.64. The van der Waals surface area contributed by atoms with Crippen LogP contribution in [0.15, 0.2) is 42.6 Å². The average molecular weight is 387 g/mol. The zero-order chi connectivity index (χ0) is 20.4. The zero-order valence-electron chi connectivity index (χ0n) is 15.6. The van der Waals surface area contributed by atoms with E-state index in [1.165, 1.54) is 60.3 Å². The summed E-state index contributed by atoms with van der Waals surface area (Å²) >= 11 is 0. The highest BCUT2D eigenvalue weighted by Gasteiger charge is 2.21. The van der Waals surface area contributed by atoms with Crippen molar-refractivity contribution < 1.29 is 23.4 Å². The summed E-state index contributed by atoms with van der Waals surface area (Å²) in [5, 5.41) is 14.3. The number of rotatable bonds is 5. The number of carbonyl (C=O) groups excluding carboxylic acids is 1. The molecule has 6 nitrogen and oxygen atoms in total. The molecule has 146 valence electrons. The lowest BCUT2D eigenvalue weighted by atomic mass is 10.2. The molecule has 2 aromatic carbocycles. The molecule has 3 aromatic rings. The number of aromatic hydroxyl groups is 1. The Labute approximate surface area is 160 Å². The van der Waals surface area contributed by atoms with Gasteiger partial charge in [0.2, 0.25) is 0 Å². The molecule has 1 amide bonds. The van der Waals surface area contributed by atoms with Gasteiger partial charge < -0.3 is 14.7 Å². The van der Waals surface area contributed by atoms with Gasteiger partial charge in [0, 0.05) is 13.6 Å². The van der Waals surface area contributed by atoms with Crippen LogP contribution in [0.3, 0.4) is 0 Å².